The first-order valence-corrected chi connectivity index (χ1v) is 8.79. The van der Waals surface area contributed by atoms with Crippen molar-refractivity contribution in [3.63, 3.8) is 0 Å². The van der Waals surface area contributed by atoms with E-state index >= 15 is 0 Å². The number of nitrogens with zero attached hydrogens (tertiary/aromatic N) is 1. The van der Waals surface area contributed by atoms with Crippen molar-refractivity contribution < 1.29 is 17.9 Å². The Morgan fingerprint density at radius 3 is 2.71 bits per heavy atom. The van der Waals surface area contributed by atoms with Gasteiger partial charge in [-0.3, -0.25) is 4.79 Å². The number of sulfonamides is 1. The van der Waals surface area contributed by atoms with Crippen LogP contribution in [-0.4, -0.2) is 45.5 Å². The normalized spacial score (nSPS) is 19.0. The van der Waals surface area contributed by atoms with Crippen molar-refractivity contribution in [2.75, 3.05) is 20.2 Å². The largest absolute Gasteiger partial charge is 0.380 e. The van der Waals surface area contributed by atoms with Crippen molar-refractivity contribution >= 4 is 43.5 Å². The van der Waals surface area contributed by atoms with Crippen molar-refractivity contribution in [3.05, 3.63) is 27.2 Å². The number of methoxy groups -OCH3 is 1. The smallest absolute Gasteiger partial charge is 0.254 e. The Kier molecular flexibility index (Phi) is 4.94. The first-order valence-electron chi connectivity index (χ1n) is 6.08. The average molecular weight is 398 g/mol. The second-order valence-corrected chi connectivity index (χ2v) is 7.44. The van der Waals surface area contributed by atoms with E-state index in [4.69, 9.17) is 21.5 Å². The predicted octanol–water partition coefficient (Wildman–Crippen LogP) is 1.61. The lowest BCUT2D eigenvalue weighted by Crippen LogP contribution is -2.30. The number of halogens is 2. The van der Waals surface area contributed by atoms with Crippen LogP contribution in [0.4, 0.5) is 0 Å². The summed E-state index contributed by atoms with van der Waals surface area (Å²) < 4.78 is 28.4. The second kappa shape index (κ2) is 6.21. The van der Waals surface area contributed by atoms with Gasteiger partial charge in [-0.05, 0) is 34.5 Å². The molecule has 116 valence electrons. The third-order valence-corrected chi connectivity index (χ3v) is 5.89. The second-order valence-electron chi connectivity index (χ2n) is 4.71. The number of hydrogen-bond acceptors (Lipinski definition) is 4. The topological polar surface area (TPSA) is 89.7 Å². The van der Waals surface area contributed by atoms with Gasteiger partial charge < -0.3 is 9.64 Å². The van der Waals surface area contributed by atoms with E-state index in [2.05, 4.69) is 15.9 Å². The van der Waals surface area contributed by atoms with E-state index in [9.17, 15) is 13.2 Å². The van der Waals surface area contributed by atoms with Crippen LogP contribution in [0.5, 0.6) is 0 Å². The lowest BCUT2D eigenvalue weighted by molar-refractivity contribution is 0.0724. The Balaban J connectivity index is 2.37. The van der Waals surface area contributed by atoms with Crippen LogP contribution in [0.3, 0.4) is 0 Å². The van der Waals surface area contributed by atoms with Gasteiger partial charge in [-0.25, -0.2) is 13.6 Å². The van der Waals surface area contributed by atoms with Gasteiger partial charge in [0.1, 0.15) is 0 Å². The molecule has 1 aliphatic rings. The molecule has 0 aliphatic carbocycles. The lowest BCUT2D eigenvalue weighted by Gasteiger charge is -2.17. The molecule has 1 fully saturated rings. The number of primary sulfonamides is 1. The molecule has 0 saturated carbocycles. The number of hydrogen-bond donors (Lipinski definition) is 1. The van der Waals surface area contributed by atoms with E-state index in [-0.39, 0.29) is 32.0 Å². The fourth-order valence-electron chi connectivity index (χ4n) is 2.18. The molecule has 1 atom stereocenters. The fourth-order valence-corrected chi connectivity index (χ4v) is 4.01. The molecule has 0 bridgehead atoms. The molecular formula is C12H14BrClN2O4S. The molecule has 21 heavy (non-hydrogen) atoms. The molecule has 1 amide bonds. The zero-order chi connectivity index (χ0) is 15.8. The number of ether oxygens (including phenoxy) is 1. The minimum atomic E-state index is -3.98. The number of amides is 1. The third-order valence-electron chi connectivity index (χ3n) is 3.31. The van der Waals surface area contributed by atoms with E-state index in [0.29, 0.717) is 13.1 Å². The summed E-state index contributed by atoms with van der Waals surface area (Å²) in [5, 5.41) is 5.25. The molecule has 0 spiro atoms. The number of rotatable bonds is 3. The van der Waals surface area contributed by atoms with Gasteiger partial charge in [-0.2, -0.15) is 0 Å². The van der Waals surface area contributed by atoms with Gasteiger partial charge in [0.25, 0.3) is 5.91 Å². The molecule has 1 aromatic rings. The van der Waals surface area contributed by atoms with Crippen LogP contribution in [0.15, 0.2) is 21.5 Å². The number of likely N-dealkylation sites (tertiary alicyclic amines) is 1. The van der Waals surface area contributed by atoms with E-state index in [1.807, 2.05) is 0 Å². The number of nitrogens with two attached hydrogens (primary N) is 1. The molecule has 9 heteroatoms. The van der Waals surface area contributed by atoms with E-state index in [1.165, 1.54) is 12.1 Å². The highest BCUT2D eigenvalue weighted by Crippen LogP contribution is 2.31. The summed E-state index contributed by atoms with van der Waals surface area (Å²) in [4.78, 5) is 13.8. The summed E-state index contributed by atoms with van der Waals surface area (Å²) in [7, 11) is -2.39. The summed E-state index contributed by atoms with van der Waals surface area (Å²) >= 11 is 9.04. The summed E-state index contributed by atoms with van der Waals surface area (Å²) in [6.45, 7) is 1.02. The van der Waals surface area contributed by atoms with Gasteiger partial charge in [-0.15, -0.1) is 0 Å². The van der Waals surface area contributed by atoms with Crippen LogP contribution >= 0.6 is 27.5 Å². The van der Waals surface area contributed by atoms with Gasteiger partial charge in [0.15, 0.2) is 0 Å². The zero-order valence-corrected chi connectivity index (χ0v) is 14.3. The molecular weight excluding hydrogens is 384 g/mol. The van der Waals surface area contributed by atoms with Crippen LogP contribution < -0.4 is 5.14 Å². The summed E-state index contributed by atoms with van der Waals surface area (Å²) in [6.07, 6.45) is 0.742. The third kappa shape index (κ3) is 3.57. The van der Waals surface area contributed by atoms with Crippen molar-refractivity contribution in [1.82, 2.24) is 4.90 Å². The van der Waals surface area contributed by atoms with Gasteiger partial charge in [0.05, 0.1) is 20.5 Å². The minimum Gasteiger partial charge on any atom is -0.380 e. The van der Waals surface area contributed by atoms with Crippen LogP contribution in [0.25, 0.3) is 0 Å². The first-order chi connectivity index (χ1) is 9.74. The SMILES string of the molecule is COC1CCN(C(=O)c2cc(Cl)c(Br)c(S(N)(=O)=O)c2)C1. The summed E-state index contributed by atoms with van der Waals surface area (Å²) in [6, 6.07) is 2.65. The van der Waals surface area contributed by atoms with Crippen molar-refractivity contribution in [2.45, 2.75) is 17.4 Å². The number of benzene rings is 1. The summed E-state index contributed by atoms with van der Waals surface area (Å²) in [5.41, 5.74) is 0.184. The monoisotopic (exact) mass is 396 g/mol. The van der Waals surface area contributed by atoms with Gasteiger partial charge in [0, 0.05) is 25.8 Å². The Hall–Kier alpha value is -0.670. The molecule has 1 saturated heterocycles. The first kappa shape index (κ1) is 16.7. The maximum atomic E-state index is 12.4. The highest BCUT2D eigenvalue weighted by atomic mass is 79.9. The fraction of sp³-hybridized carbons (Fsp3) is 0.417. The summed E-state index contributed by atoms with van der Waals surface area (Å²) in [5.74, 6) is -0.297. The highest BCUT2D eigenvalue weighted by Gasteiger charge is 2.28. The molecule has 6 nitrogen and oxygen atoms in total. The van der Waals surface area contributed by atoms with Crippen LogP contribution in [0, 0.1) is 0 Å². The standard InChI is InChI=1S/C12H14BrClN2O4S/c1-20-8-2-3-16(6-8)12(17)7-4-9(14)11(13)10(5-7)21(15,18)19/h4-5,8H,2-3,6H2,1H3,(H2,15,18,19). The molecule has 1 unspecified atom stereocenters. The van der Waals surface area contributed by atoms with Crippen molar-refractivity contribution in [2.24, 2.45) is 5.14 Å². The molecule has 2 N–H and O–H groups in total. The van der Waals surface area contributed by atoms with E-state index in [1.54, 1.807) is 12.0 Å². The molecule has 2 rings (SSSR count). The van der Waals surface area contributed by atoms with Crippen molar-refractivity contribution in [1.29, 1.82) is 0 Å². The molecule has 0 aromatic heterocycles. The highest BCUT2D eigenvalue weighted by molar-refractivity contribution is 9.10. The van der Waals surface area contributed by atoms with Gasteiger partial charge in [-0.1, -0.05) is 11.6 Å². The molecule has 0 radical (unpaired) electrons. The Labute approximate surface area is 136 Å². The Bertz CT molecular complexity index is 680. The Morgan fingerprint density at radius 1 is 1.52 bits per heavy atom. The quantitative estimate of drug-likeness (QED) is 0.839. The van der Waals surface area contributed by atoms with E-state index in [0.717, 1.165) is 6.42 Å². The van der Waals surface area contributed by atoms with Crippen LogP contribution in [0.1, 0.15) is 16.8 Å². The van der Waals surface area contributed by atoms with E-state index < -0.39 is 10.0 Å². The maximum absolute atomic E-state index is 12.4. The van der Waals surface area contributed by atoms with Gasteiger partial charge in [0.2, 0.25) is 10.0 Å². The van der Waals surface area contributed by atoms with Crippen LogP contribution in [-0.2, 0) is 14.8 Å². The average Bonchev–Trinajstić information content (AvgIpc) is 2.88. The number of carbonyl (C=O) groups is 1. The van der Waals surface area contributed by atoms with Crippen molar-refractivity contribution in [3.8, 4) is 0 Å². The minimum absolute atomic E-state index is 0.00224. The Morgan fingerprint density at radius 2 is 2.19 bits per heavy atom. The lowest BCUT2D eigenvalue weighted by atomic mass is 10.2. The predicted molar refractivity (Wildman–Crippen MR) is 81.8 cm³/mol. The number of carbonyl (C=O) groups excluding carboxylic acids is 1. The van der Waals surface area contributed by atoms with Gasteiger partial charge >= 0.3 is 0 Å². The molecule has 1 heterocycles. The zero-order valence-electron chi connectivity index (χ0n) is 11.2. The molecule has 1 aliphatic heterocycles. The van der Waals surface area contributed by atoms with Crippen LogP contribution in [0.2, 0.25) is 5.02 Å². The maximum Gasteiger partial charge on any atom is 0.254 e. The molecule has 1 aromatic carbocycles.